The Kier molecular flexibility index (Phi) is 10.1. The van der Waals surface area contributed by atoms with Gasteiger partial charge in [-0.1, -0.05) is 12.1 Å². The highest BCUT2D eigenvalue weighted by Gasteiger charge is 2.36. The van der Waals surface area contributed by atoms with Gasteiger partial charge in [-0.3, -0.25) is 0 Å². The summed E-state index contributed by atoms with van der Waals surface area (Å²) in [6.45, 7) is 5.76. The van der Waals surface area contributed by atoms with Crippen molar-refractivity contribution >= 4 is 21.1 Å². The van der Waals surface area contributed by atoms with Crippen LogP contribution in [0.3, 0.4) is 0 Å². The van der Waals surface area contributed by atoms with Crippen molar-refractivity contribution in [2.75, 3.05) is 27.9 Å². The zero-order valence-corrected chi connectivity index (χ0v) is 18.9. The first-order chi connectivity index (χ1) is 13.6. The van der Waals surface area contributed by atoms with Crippen LogP contribution in [-0.2, 0) is 29.4 Å². The number of rotatable bonds is 10. The Labute approximate surface area is 172 Å². The lowest BCUT2D eigenvalue weighted by Crippen LogP contribution is -2.43. The van der Waals surface area contributed by atoms with Crippen molar-refractivity contribution in [1.82, 2.24) is 5.32 Å². The first-order valence-electron chi connectivity index (χ1n) is 9.19. The topological polar surface area (TPSA) is 102 Å². The van der Waals surface area contributed by atoms with Crippen molar-refractivity contribution in [3.8, 4) is 5.75 Å². The normalized spacial score (nSPS) is 11.7. The van der Waals surface area contributed by atoms with E-state index in [1.54, 1.807) is 66.4 Å². The molecule has 1 amide bonds. The van der Waals surface area contributed by atoms with Crippen LogP contribution in [0.4, 0.5) is 9.59 Å². The summed E-state index contributed by atoms with van der Waals surface area (Å²) in [5.74, 6) is 0.342. The van der Waals surface area contributed by atoms with E-state index in [9.17, 15) is 9.59 Å². The SMILES string of the molecule is CO[Si](CCCNC(=O)OCc1ccc(OC(=O)OC(C)(C)C)cc1)(OC)OC. The highest BCUT2D eigenvalue weighted by atomic mass is 28.4. The molecule has 10 heteroatoms. The lowest BCUT2D eigenvalue weighted by Gasteiger charge is -2.24. The van der Waals surface area contributed by atoms with Crippen LogP contribution >= 0.6 is 0 Å². The fraction of sp³-hybridized carbons (Fsp3) is 0.579. The maximum absolute atomic E-state index is 11.8. The quantitative estimate of drug-likeness (QED) is 0.261. The molecule has 0 radical (unpaired) electrons. The van der Waals surface area contributed by atoms with Gasteiger partial charge in [0, 0.05) is 33.9 Å². The zero-order chi connectivity index (χ0) is 21.9. The van der Waals surface area contributed by atoms with Gasteiger partial charge < -0.3 is 32.8 Å². The lowest BCUT2D eigenvalue weighted by atomic mass is 10.2. The maximum Gasteiger partial charge on any atom is 0.514 e. The molecule has 9 nitrogen and oxygen atoms in total. The van der Waals surface area contributed by atoms with E-state index in [1.165, 1.54) is 0 Å². The van der Waals surface area contributed by atoms with Crippen LogP contribution in [0.2, 0.25) is 6.04 Å². The van der Waals surface area contributed by atoms with Gasteiger partial charge >= 0.3 is 21.1 Å². The molecule has 0 aromatic heterocycles. The third-order valence-corrected chi connectivity index (χ3v) is 6.58. The van der Waals surface area contributed by atoms with Gasteiger partial charge in [-0.15, -0.1) is 0 Å². The molecule has 0 saturated carbocycles. The van der Waals surface area contributed by atoms with E-state index in [-0.39, 0.29) is 6.61 Å². The highest BCUT2D eigenvalue weighted by Crippen LogP contribution is 2.16. The van der Waals surface area contributed by atoms with Gasteiger partial charge in [0.25, 0.3) is 0 Å². The molecule has 1 aromatic carbocycles. The fourth-order valence-corrected chi connectivity index (χ4v) is 3.99. The average molecular weight is 430 g/mol. The predicted octanol–water partition coefficient (Wildman–Crippen LogP) is 3.49. The Bertz CT molecular complexity index is 632. The summed E-state index contributed by atoms with van der Waals surface area (Å²) < 4.78 is 31.3. The monoisotopic (exact) mass is 429 g/mol. The van der Waals surface area contributed by atoms with Gasteiger partial charge in [-0.05, 0) is 44.9 Å². The molecule has 0 bridgehead atoms. The van der Waals surface area contributed by atoms with Crippen molar-refractivity contribution in [1.29, 1.82) is 0 Å². The number of ether oxygens (including phenoxy) is 3. The lowest BCUT2D eigenvalue weighted by molar-refractivity contribution is 0.0206. The number of carbonyl (C=O) groups excluding carboxylic acids is 2. The molecule has 1 aromatic rings. The summed E-state index contributed by atoms with van der Waals surface area (Å²) in [6.07, 6.45) is -0.671. The van der Waals surface area contributed by atoms with Crippen LogP contribution in [0.25, 0.3) is 0 Å². The molecule has 0 fully saturated rings. The third-order valence-electron chi connectivity index (χ3n) is 3.75. The molecule has 1 N–H and O–H groups in total. The van der Waals surface area contributed by atoms with Crippen molar-refractivity contribution in [2.24, 2.45) is 0 Å². The second-order valence-corrected chi connectivity index (χ2v) is 10.2. The average Bonchev–Trinajstić information content (AvgIpc) is 2.66. The summed E-state index contributed by atoms with van der Waals surface area (Å²) in [7, 11) is 2.01. The molecular formula is C19H31NO8Si. The molecule has 0 aliphatic rings. The van der Waals surface area contributed by atoms with Crippen LogP contribution < -0.4 is 10.1 Å². The number of carbonyl (C=O) groups is 2. The van der Waals surface area contributed by atoms with Crippen molar-refractivity contribution in [3.05, 3.63) is 29.8 Å². The summed E-state index contributed by atoms with van der Waals surface area (Å²) in [4.78, 5) is 23.4. The van der Waals surface area contributed by atoms with Gasteiger partial charge in [0.2, 0.25) is 0 Å². The van der Waals surface area contributed by atoms with E-state index in [0.717, 1.165) is 5.56 Å². The second-order valence-electron chi connectivity index (χ2n) is 7.11. The third kappa shape index (κ3) is 9.75. The van der Waals surface area contributed by atoms with Crippen molar-refractivity contribution in [3.63, 3.8) is 0 Å². The molecule has 0 saturated heterocycles. The fourth-order valence-electron chi connectivity index (χ4n) is 2.27. The molecule has 0 unspecified atom stereocenters. The Morgan fingerprint density at radius 2 is 1.59 bits per heavy atom. The molecule has 1 rings (SSSR count). The first-order valence-corrected chi connectivity index (χ1v) is 11.1. The Morgan fingerprint density at radius 1 is 1.00 bits per heavy atom. The molecular weight excluding hydrogens is 398 g/mol. The van der Waals surface area contributed by atoms with Crippen LogP contribution in [-0.4, -0.2) is 54.5 Å². The number of alkyl carbamates (subject to hydrolysis) is 1. The Balaban J connectivity index is 2.33. The van der Waals surface area contributed by atoms with Crippen molar-refractivity contribution < 1.29 is 37.1 Å². The summed E-state index contributed by atoms with van der Waals surface area (Å²) in [6, 6.07) is 7.18. The van der Waals surface area contributed by atoms with Gasteiger partial charge in [0.05, 0.1) is 0 Å². The predicted molar refractivity (Wildman–Crippen MR) is 108 cm³/mol. The van der Waals surface area contributed by atoms with Crippen LogP contribution in [0.1, 0.15) is 32.8 Å². The van der Waals surface area contributed by atoms with E-state index in [2.05, 4.69) is 5.32 Å². The number of hydrogen-bond acceptors (Lipinski definition) is 8. The molecule has 0 spiro atoms. The zero-order valence-electron chi connectivity index (χ0n) is 17.9. The molecule has 0 atom stereocenters. The maximum atomic E-state index is 11.8. The first kappa shape index (κ1) is 24.9. The highest BCUT2D eigenvalue weighted by molar-refractivity contribution is 6.60. The van der Waals surface area contributed by atoms with E-state index < -0.39 is 26.7 Å². The van der Waals surface area contributed by atoms with E-state index in [1.807, 2.05) is 0 Å². The molecule has 0 aliphatic heterocycles. The van der Waals surface area contributed by atoms with E-state index >= 15 is 0 Å². The van der Waals surface area contributed by atoms with Crippen molar-refractivity contribution in [2.45, 2.75) is 45.4 Å². The van der Waals surface area contributed by atoms with Crippen LogP contribution in [0.15, 0.2) is 24.3 Å². The number of hydrogen-bond donors (Lipinski definition) is 1. The minimum Gasteiger partial charge on any atom is -0.445 e. The summed E-state index contributed by atoms with van der Waals surface area (Å²) >= 11 is 0. The number of amides is 1. The van der Waals surface area contributed by atoms with Gasteiger partial charge in [0.15, 0.2) is 0 Å². The van der Waals surface area contributed by atoms with Crippen LogP contribution in [0.5, 0.6) is 5.75 Å². The summed E-state index contributed by atoms with van der Waals surface area (Å²) in [5, 5.41) is 2.67. The van der Waals surface area contributed by atoms with Gasteiger partial charge in [-0.2, -0.15) is 0 Å². The second kappa shape index (κ2) is 11.8. The van der Waals surface area contributed by atoms with E-state index in [4.69, 9.17) is 27.5 Å². The number of nitrogens with one attached hydrogen (secondary N) is 1. The Hall–Kier alpha value is -2.14. The van der Waals surface area contributed by atoms with Gasteiger partial charge in [0.1, 0.15) is 18.0 Å². The standard InChI is InChI=1S/C19H31NO8Si/c1-19(2,3)28-18(22)27-16-10-8-15(9-11-16)14-26-17(21)20-12-7-13-29(23-4,24-5)25-6/h8-11H,7,12-14H2,1-6H3,(H,20,21). The van der Waals surface area contributed by atoms with Crippen LogP contribution in [0, 0.1) is 0 Å². The minimum atomic E-state index is -2.63. The molecule has 164 valence electrons. The summed E-state index contributed by atoms with van der Waals surface area (Å²) in [5.41, 5.74) is 0.125. The molecule has 0 aliphatic carbocycles. The Morgan fingerprint density at radius 3 is 2.10 bits per heavy atom. The number of benzene rings is 1. The molecule has 29 heavy (non-hydrogen) atoms. The minimum absolute atomic E-state index is 0.0887. The van der Waals surface area contributed by atoms with E-state index in [0.29, 0.717) is 24.8 Å². The van der Waals surface area contributed by atoms with Gasteiger partial charge in [-0.25, -0.2) is 9.59 Å². The smallest absolute Gasteiger partial charge is 0.445 e. The molecule has 0 heterocycles. The largest absolute Gasteiger partial charge is 0.514 e.